The van der Waals surface area contributed by atoms with Crippen molar-refractivity contribution in [3.8, 4) is 0 Å². The third-order valence-corrected chi connectivity index (χ3v) is 4.31. The second-order valence-electron chi connectivity index (χ2n) is 6.46. The van der Waals surface area contributed by atoms with Crippen molar-refractivity contribution in [3.63, 3.8) is 0 Å². The third-order valence-electron chi connectivity index (χ3n) is 4.31. The fourth-order valence-electron chi connectivity index (χ4n) is 2.82. The molecular formula is C31H29Zr-7. The van der Waals surface area contributed by atoms with Gasteiger partial charge in [-0.3, -0.25) is 0 Å². The minimum Gasteiger partial charge on any atom is -1.00 e. The number of fused-ring (bicyclic) bond motifs is 2. The molecule has 6 aromatic rings. The van der Waals surface area contributed by atoms with Crippen LogP contribution in [0.4, 0.5) is 0 Å². The zero-order valence-corrected chi connectivity index (χ0v) is 20.8. The van der Waals surface area contributed by atoms with Gasteiger partial charge in [0, 0.05) is 26.2 Å². The summed E-state index contributed by atoms with van der Waals surface area (Å²) < 4.78 is 0. The van der Waals surface area contributed by atoms with Crippen molar-refractivity contribution in [1.29, 1.82) is 0 Å². The van der Waals surface area contributed by atoms with Gasteiger partial charge in [-0.1, -0.05) is 12.1 Å². The molecule has 0 fully saturated rings. The minimum absolute atomic E-state index is 0. The van der Waals surface area contributed by atoms with E-state index in [0.29, 0.717) is 0 Å². The molecule has 32 heavy (non-hydrogen) atoms. The van der Waals surface area contributed by atoms with Crippen LogP contribution in [0.2, 0.25) is 0 Å². The normalized spacial score (nSPS) is 8.75. The molecule has 0 aliphatic rings. The van der Waals surface area contributed by atoms with Crippen LogP contribution >= 0.6 is 0 Å². The van der Waals surface area contributed by atoms with Gasteiger partial charge in [-0.25, -0.2) is 0 Å². The summed E-state index contributed by atoms with van der Waals surface area (Å²) in [6.07, 6.45) is 0. The molecule has 1 heteroatoms. The van der Waals surface area contributed by atoms with E-state index in [2.05, 4.69) is 97.1 Å². The molecule has 0 saturated carbocycles. The molecule has 0 aliphatic heterocycles. The molecule has 0 atom stereocenters. The molecule has 6 rings (SSSR count). The van der Waals surface area contributed by atoms with Crippen molar-refractivity contribution >= 4 is 21.5 Å². The summed E-state index contributed by atoms with van der Waals surface area (Å²) in [6.45, 7) is 0. The molecule has 0 unspecified atom stereocenters. The summed E-state index contributed by atoms with van der Waals surface area (Å²) in [4.78, 5) is 0. The van der Waals surface area contributed by atoms with Crippen molar-refractivity contribution in [1.82, 2.24) is 0 Å². The maximum atomic E-state index is 2.89. The average Bonchev–Trinajstić information content (AvgIpc) is 3.52. The Labute approximate surface area is 215 Å². The van der Waals surface area contributed by atoms with Crippen LogP contribution in [0.3, 0.4) is 0 Å². The van der Waals surface area contributed by atoms with Crippen LogP contribution in [0.1, 0.15) is 2.85 Å². The Balaban J connectivity index is 0. The third kappa shape index (κ3) is 9.86. The molecule has 0 nitrogen and oxygen atoms in total. The van der Waals surface area contributed by atoms with Gasteiger partial charge in [-0.2, -0.15) is 108 Å². The molecule has 0 amide bonds. The van der Waals surface area contributed by atoms with Gasteiger partial charge >= 0.3 is 0 Å². The van der Waals surface area contributed by atoms with Gasteiger partial charge < -0.3 is 10.3 Å². The Morgan fingerprint density at radius 3 is 1.12 bits per heavy atom. The minimum atomic E-state index is 0. The monoisotopic (exact) mass is 491 g/mol. The van der Waals surface area contributed by atoms with Crippen LogP contribution in [-0.2, 0) is 26.2 Å². The Morgan fingerprint density at radius 2 is 0.844 bits per heavy atom. The maximum Gasteiger partial charge on any atom is 0 e. The Kier molecular flexibility index (Phi) is 14.1. The van der Waals surface area contributed by atoms with E-state index in [0.717, 1.165) is 0 Å². The number of rotatable bonds is 0. The van der Waals surface area contributed by atoms with E-state index in [9.17, 15) is 0 Å². The van der Waals surface area contributed by atoms with Gasteiger partial charge in [0.25, 0.3) is 0 Å². The first-order valence-electron chi connectivity index (χ1n) is 9.96. The first-order chi connectivity index (χ1) is 14.9. The van der Waals surface area contributed by atoms with E-state index in [1.165, 1.54) is 21.5 Å². The Morgan fingerprint density at radius 1 is 0.469 bits per heavy atom. The van der Waals surface area contributed by atoms with Gasteiger partial charge in [0.1, 0.15) is 0 Å². The van der Waals surface area contributed by atoms with E-state index < -0.39 is 0 Å². The molecule has 164 valence electrons. The fourth-order valence-corrected chi connectivity index (χ4v) is 2.82. The predicted molar refractivity (Wildman–Crippen MR) is 138 cm³/mol. The molecule has 0 spiro atoms. The molecule has 0 bridgehead atoms. The maximum absolute atomic E-state index is 2.89. The second kappa shape index (κ2) is 16.6. The summed E-state index contributed by atoms with van der Waals surface area (Å²) >= 11 is 0. The average molecular weight is 493 g/mol. The topological polar surface area (TPSA) is 0 Å². The van der Waals surface area contributed by atoms with Crippen LogP contribution in [0.25, 0.3) is 21.5 Å². The number of benzene rings is 4. The van der Waals surface area contributed by atoms with Crippen LogP contribution in [0, 0.1) is 19.6 Å². The van der Waals surface area contributed by atoms with Gasteiger partial charge in [-0.05, 0) is 0 Å². The van der Waals surface area contributed by atoms with Crippen molar-refractivity contribution in [3.05, 3.63) is 165 Å². The Hall–Kier alpha value is -3.02. The summed E-state index contributed by atoms with van der Waals surface area (Å²) in [5.41, 5.74) is 0. The molecule has 0 N–H and O–H groups in total. The quantitative estimate of drug-likeness (QED) is 0.186. The molecule has 0 heterocycles. The van der Waals surface area contributed by atoms with Crippen molar-refractivity contribution in [2.24, 2.45) is 0 Å². The standard InChI is InChI=1S/2C9H7.2C6H5.CH3.Zr.2H/c2*1-2-5-9-7-3-6-8(9)4-1;2*1-2-4-6-5-3-1;;;;/h2*1-7H;2*1-5H;1H3;;;/q5*-1;;2*-1. The fraction of sp³-hybridized carbons (Fsp3) is 0. The molecule has 6 aromatic carbocycles. The molecular weight excluding hydrogens is 464 g/mol. The second-order valence-corrected chi connectivity index (χ2v) is 6.46. The van der Waals surface area contributed by atoms with E-state index in [1.807, 2.05) is 60.7 Å². The van der Waals surface area contributed by atoms with Crippen LogP contribution in [0.15, 0.2) is 146 Å². The SMILES string of the molecule is [CH3-].[H-].[H-].[Zr].[c-]1ccccc1.[c-]1ccccc1.c1ccc2[cH-]ccc2c1.c1ccc2[cH-]ccc2c1. The first-order valence-corrected chi connectivity index (χ1v) is 9.96. The number of hydrogen-bond donors (Lipinski definition) is 0. The van der Waals surface area contributed by atoms with Gasteiger partial charge in [0.2, 0.25) is 0 Å². The predicted octanol–water partition coefficient (Wildman–Crippen LogP) is 8.76. The first kappa shape index (κ1) is 27.0. The summed E-state index contributed by atoms with van der Waals surface area (Å²) in [5, 5.41) is 5.32. The van der Waals surface area contributed by atoms with E-state index in [1.54, 1.807) is 0 Å². The van der Waals surface area contributed by atoms with Gasteiger partial charge in [0.15, 0.2) is 0 Å². The zero-order valence-electron chi connectivity index (χ0n) is 20.4. The molecule has 0 aromatic heterocycles. The zero-order chi connectivity index (χ0) is 20.7. The van der Waals surface area contributed by atoms with E-state index in [-0.39, 0.29) is 36.5 Å². The van der Waals surface area contributed by atoms with Gasteiger partial charge in [-0.15, -0.1) is 59.3 Å². The van der Waals surface area contributed by atoms with Gasteiger partial charge in [0.05, 0.1) is 0 Å². The van der Waals surface area contributed by atoms with Crippen LogP contribution in [0.5, 0.6) is 0 Å². The summed E-state index contributed by atoms with van der Waals surface area (Å²) in [5.74, 6) is 0. The molecule has 0 saturated heterocycles. The van der Waals surface area contributed by atoms with Crippen LogP contribution < -0.4 is 0 Å². The van der Waals surface area contributed by atoms with Crippen LogP contribution in [-0.4, -0.2) is 0 Å². The van der Waals surface area contributed by atoms with Crippen molar-refractivity contribution in [2.75, 3.05) is 0 Å². The smallest absolute Gasteiger partial charge is 0 e. The Bertz CT molecular complexity index is 984. The molecule has 0 aliphatic carbocycles. The number of hydrogen-bond acceptors (Lipinski definition) is 0. The molecule has 0 radical (unpaired) electrons. The summed E-state index contributed by atoms with van der Waals surface area (Å²) in [7, 11) is 0. The summed E-state index contributed by atoms with van der Waals surface area (Å²) in [6, 6.07) is 54.3. The largest absolute Gasteiger partial charge is 1.00 e. The van der Waals surface area contributed by atoms with E-state index >= 15 is 0 Å². The van der Waals surface area contributed by atoms with E-state index in [4.69, 9.17) is 0 Å². The van der Waals surface area contributed by atoms with Crippen molar-refractivity contribution < 1.29 is 29.1 Å². The van der Waals surface area contributed by atoms with Crippen molar-refractivity contribution in [2.45, 2.75) is 0 Å².